The van der Waals surface area contributed by atoms with Crippen molar-refractivity contribution >= 4 is 11.6 Å². The van der Waals surface area contributed by atoms with Crippen molar-refractivity contribution in [3.05, 3.63) is 65.5 Å². The fourth-order valence-corrected chi connectivity index (χ4v) is 1.85. The Labute approximate surface area is 116 Å². The number of rotatable bonds is 4. The maximum Gasteiger partial charge on any atom is 0.251 e. The third-order valence-electron chi connectivity index (χ3n) is 2.95. The van der Waals surface area contributed by atoms with Gasteiger partial charge in [0.2, 0.25) is 0 Å². The van der Waals surface area contributed by atoms with Crippen LogP contribution in [0.5, 0.6) is 0 Å². The Hall–Kier alpha value is -2.40. The van der Waals surface area contributed by atoms with Crippen molar-refractivity contribution in [3.63, 3.8) is 0 Å². The van der Waals surface area contributed by atoms with E-state index in [1.54, 1.807) is 12.1 Å². The number of aliphatic hydroxyl groups is 1. The summed E-state index contributed by atoms with van der Waals surface area (Å²) < 4.78 is 13.1. The molecule has 0 aliphatic carbocycles. The molecule has 0 aliphatic rings. The topological polar surface area (TPSA) is 75.4 Å². The molecule has 4 N–H and O–H groups in total. The quantitative estimate of drug-likeness (QED) is 0.745. The molecule has 0 aromatic heterocycles. The van der Waals surface area contributed by atoms with Crippen molar-refractivity contribution in [1.29, 1.82) is 0 Å². The Bertz CT molecular complexity index is 602. The number of anilines is 1. The highest BCUT2D eigenvalue weighted by Crippen LogP contribution is 2.15. The molecule has 0 saturated heterocycles. The Morgan fingerprint density at radius 3 is 2.55 bits per heavy atom. The number of benzene rings is 2. The number of hydrogen-bond donors (Lipinski definition) is 3. The van der Waals surface area contributed by atoms with E-state index in [1.807, 2.05) is 18.2 Å². The lowest BCUT2D eigenvalue weighted by molar-refractivity contribution is 0.0916. The fourth-order valence-electron chi connectivity index (χ4n) is 1.85. The average Bonchev–Trinajstić information content (AvgIpc) is 2.48. The molecule has 0 aliphatic heterocycles. The molecule has 1 atom stereocenters. The molecule has 2 aromatic rings. The van der Waals surface area contributed by atoms with Crippen LogP contribution >= 0.6 is 0 Å². The van der Waals surface area contributed by atoms with Crippen LogP contribution in [0.4, 0.5) is 10.1 Å². The van der Waals surface area contributed by atoms with E-state index < -0.39 is 17.8 Å². The van der Waals surface area contributed by atoms with Crippen LogP contribution in [0.25, 0.3) is 0 Å². The second-order valence-corrected chi connectivity index (χ2v) is 4.36. The number of halogens is 1. The molecule has 20 heavy (non-hydrogen) atoms. The van der Waals surface area contributed by atoms with Crippen LogP contribution in [-0.2, 0) is 0 Å². The Kier molecular flexibility index (Phi) is 4.32. The summed E-state index contributed by atoms with van der Waals surface area (Å²) in [6.07, 6.45) is 0. The smallest absolute Gasteiger partial charge is 0.251 e. The first-order chi connectivity index (χ1) is 9.61. The zero-order valence-electron chi connectivity index (χ0n) is 10.7. The van der Waals surface area contributed by atoms with Crippen molar-refractivity contribution in [2.24, 2.45) is 0 Å². The molecule has 5 heteroatoms. The van der Waals surface area contributed by atoms with E-state index in [-0.39, 0.29) is 17.9 Å². The number of carbonyl (C=O) groups excluding carboxylic acids is 1. The van der Waals surface area contributed by atoms with Gasteiger partial charge >= 0.3 is 0 Å². The van der Waals surface area contributed by atoms with Gasteiger partial charge in [-0.15, -0.1) is 0 Å². The van der Waals surface area contributed by atoms with Crippen molar-refractivity contribution in [1.82, 2.24) is 5.32 Å². The molecule has 2 rings (SSSR count). The predicted molar refractivity (Wildman–Crippen MR) is 74.5 cm³/mol. The Balaban J connectivity index is 2.15. The van der Waals surface area contributed by atoms with Crippen molar-refractivity contribution in [3.8, 4) is 0 Å². The largest absolute Gasteiger partial charge is 0.396 e. The average molecular weight is 274 g/mol. The molecular weight excluding hydrogens is 259 g/mol. The number of hydrogen-bond acceptors (Lipinski definition) is 3. The first kappa shape index (κ1) is 14.0. The third-order valence-corrected chi connectivity index (χ3v) is 2.95. The van der Waals surface area contributed by atoms with Crippen molar-refractivity contribution < 1.29 is 14.3 Å². The molecular formula is C15H15FN2O2. The van der Waals surface area contributed by atoms with Gasteiger partial charge < -0.3 is 16.2 Å². The maximum atomic E-state index is 13.1. The van der Waals surface area contributed by atoms with E-state index in [0.717, 1.165) is 11.6 Å². The van der Waals surface area contributed by atoms with Gasteiger partial charge in [0, 0.05) is 5.56 Å². The van der Waals surface area contributed by atoms with E-state index in [2.05, 4.69) is 5.32 Å². The summed E-state index contributed by atoms with van der Waals surface area (Å²) in [6, 6.07) is 12.3. The van der Waals surface area contributed by atoms with Gasteiger partial charge in [0.1, 0.15) is 5.82 Å². The van der Waals surface area contributed by atoms with Gasteiger partial charge in [0.25, 0.3) is 5.91 Å². The number of aliphatic hydroxyl groups excluding tert-OH is 1. The third kappa shape index (κ3) is 3.13. The van der Waals surface area contributed by atoms with Gasteiger partial charge in [-0.25, -0.2) is 4.39 Å². The van der Waals surface area contributed by atoms with Crippen LogP contribution in [-0.4, -0.2) is 17.6 Å². The summed E-state index contributed by atoms with van der Waals surface area (Å²) in [4.78, 5) is 12.1. The minimum absolute atomic E-state index is 0.0853. The van der Waals surface area contributed by atoms with E-state index in [4.69, 9.17) is 5.73 Å². The van der Waals surface area contributed by atoms with Crippen molar-refractivity contribution in [2.45, 2.75) is 6.04 Å². The zero-order valence-corrected chi connectivity index (χ0v) is 10.7. The minimum Gasteiger partial charge on any atom is -0.396 e. The first-order valence-corrected chi connectivity index (χ1v) is 6.13. The van der Waals surface area contributed by atoms with Crippen LogP contribution < -0.4 is 11.1 Å². The SMILES string of the molecule is Nc1cc(C(=O)N[C@H](CO)c2ccccc2)ccc1F. The summed E-state index contributed by atoms with van der Waals surface area (Å²) in [5.41, 5.74) is 6.38. The summed E-state index contributed by atoms with van der Waals surface area (Å²) >= 11 is 0. The van der Waals surface area contributed by atoms with Crippen molar-refractivity contribution in [2.75, 3.05) is 12.3 Å². The number of carbonyl (C=O) groups is 1. The van der Waals surface area contributed by atoms with Gasteiger partial charge in [0.05, 0.1) is 18.3 Å². The Morgan fingerprint density at radius 2 is 1.95 bits per heavy atom. The molecule has 0 radical (unpaired) electrons. The van der Waals surface area contributed by atoms with Gasteiger partial charge in [0.15, 0.2) is 0 Å². The van der Waals surface area contributed by atoms with Gasteiger partial charge in [-0.2, -0.15) is 0 Å². The number of nitrogens with two attached hydrogens (primary N) is 1. The molecule has 0 heterocycles. The maximum absolute atomic E-state index is 13.1. The molecule has 4 nitrogen and oxygen atoms in total. The molecule has 104 valence electrons. The fraction of sp³-hybridized carbons (Fsp3) is 0.133. The molecule has 0 spiro atoms. The van der Waals surface area contributed by atoms with E-state index in [0.29, 0.717) is 0 Å². The lowest BCUT2D eigenvalue weighted by Gasteiger charge is -2.17. The van der Waals surface area contributed by atoms with Crippen LogP contribution in [0.15, 0.2) is 48.5 Å². The standard InChI is InChI=1S/C15H15FN2O2/c16-12-7-6-11(8-13(12)17)15(20)18-14(9-19)10-4-2-1-3-5-10/h1-8,14,19H,9,17H2,(H,18,20)/t14-/m1/s1. The predicted octanol–water partition coefficient (Wildman–Crippen LogP) is 1.87. The molecule has 0 unspecified atom stereocenters. The molecule has 2 aromatic carbocycles. The molecule has 0 fully saturated rings. The normalized spacial score (nSPS) is 11.9. The number of amides is 1. The summed E-state index contributed by atoms with van der Waals surface area (Å²) in [7, 11) is 0. The highest BCUT2D eigenvalue weighted by Gasteiger charge is 2.15. The monoisotopic (exact) mass is 274 g/mol. The van der Waals surface area contributed by atoms with Crippen LogP contribution in [0.1, 0.15) is 22.0 Å². The number of nitrogen functional groups attached to an aromatic ring is 1. The van der Waals surface area contributed by atoms with Crippen LogP contribution in [0.3, 0.4) is 0 Å². The van der Waals surface area contributed by atoms with E-state index in [9.17, 15) is 14.3 Å². The highest BCUT2D eigenvalue weighted by molar-refractivity contribution is 5.95. The molecule has 0 bridgehead atoms. The van der Waals surface area contributed by atoms with Crippen LogP contribution in [0, 0.1) is 5.82 Å². The number of nitrogens with one attached hydrogen (secondary N) is 1. The summed E-state index contributed by atoms with van der Waals surface area (Å²) in [5.74, 6) is -0.983. The zero-order chi connectivity index (χ0) is 14.5. The van der Waals surface area contributed by atoms with E-state index in [1.165, 1.54) is 12.1 Å². The Morgan fingerprint density at radius 1 is 1.25 bits per heavy atom. The highest BCUT2D eigenvalue weighted by atomic mass is 19.1. The first-order valence-electron chi connectivity index (χ1n) is 6.13. The second kappa shape index (κ2) is 6.16. The van der Waals surface area contributed by atoms with E-state index >= 15 is 0 Å². The second-order valence-electron chi connectivity index (χ2n) is 4.36. The molecule has 0 saturated carbocycles. The van der Waals surface area contributed by atoms with Gasteiger partial charge in [-0.1, -0.05) is 30.3 Å². The molecule has 1 amide bonds. The van der Waals surface area contributed by atoms with Crippen LogP contribution in [0.2, 0.25) is 0 Å². The minimum atomic E-state index is -0.566. The summed E-state index contributed by atoms with van der Waals surface area (Å²) in [5, 5.41) is 12.1. The lowest BCUT2D eigenvalue weighted by Crippen LogP contribution is -2.30. The van der Waals surface area contributed by atoms with Gasteiger partial charge in [-0.05, 0) is 23.8 Å². The summed E-state index contributed by atoms with van der Waals surface area (Å²) in [6.45, 7) is -0.230. The lowest BCUT2D eigenvalue weighted by atomic mass is 10.1. The van der Waals surface area contributed by atoms with Gasteiger partial charge in [-0.3, -0.25) is 4.79 Å².